The maximum absolute atomic E-state index is 13.8. The van der Waals surface area contributed by atoms with Gasteiger partial charge < -0.3 is 4.74 Å². The molecule has 8 nitrogen and oxygen atoms in total. The van der Waals surface area contributed by atoms with E-state index in [-0.39, 0.29) is 10.8 Å². The number of carbonyl (C=O) groups excluding carboxylic acids is 1. The Hall–Kier alpha value is -3.77. The average Bonchev–Trinajstić information content (AvgIpc) is 3.58. The van der Waals surface area contributed by atoms with E-state index in [0.717, 1.165) is 23.4 Å². The summed E-state index contributed by atoms with van der Waals surface area (Å²) in [5.41, 5.74) is 3.66. The summed E-state index contributed by atoms with van der Waals surface area (Å²) >= 11 is 6.86. The van der Waals surface area contributed by atoms with Crippen molar-refractivity contribution in [1.29, 1.82) is 0 Å². The number of nitrogens with zero attached hydrogens (tertiary/aromatic N) is 4. The van der Waals surface area contributed by atoms with Crippen LogP contribution in [0.4, 0.5) is 0 Å². The third kappa shape index (κ3) is 6.62. The van der Waals surface area contributed by atoms with Crippen molar-refractivity contribution in [3.63, 3.8) is 0 Å². The van der Waals surface area contributed by atoms with Gasteiger partial charge in [-0.2, -0.15) is 9.40 Å². The Morgan fingerprint density at radius 2 is 1.71 bits per heavy atom. The van der Waals surface area contributed by atoms with Crippen molar-refractivity contribution < 1.29 is 17.9 Å². The quantitative estimate of drug-likeness (QED) is 0.156. The average molecular weight is 659 g/mol. The summed E-state index contributed by atoms with van der Waals surface area (Å²) in [4.78, 5) is 15.9. The van der Waals surface area contributed by atoms with Crippen LogP contribution in [0.15, 0.2) is 94.9 Å². The van der Waals surface area contributed by atoms with Crippen molar-refractivity contribution in [3.05, 3.63) is 101 Å². The van der Waals surface area contributed by atoms with Gasteiger partial charge in [-0.25, -0.2) is 13.1 Å². The van der Waals surface area contributed by atoms with Gasteiger partial charge in [0.2, 0.25) is 10.0 Å². The second-order valence-electron chi connectivity index (χ2n) is 11.6. The van der Waals surface area contributed by atoms with Crippen molar-refractivity contribution in [3.8, 4) is 22.7 Å². The van der Waals surface area contributed by atoms with E-state index < -0.39 is 10.0 Å². The number of benzene rings is 3. The Bertz CT molecular complexity index is 1860. The molecule has 3 aromatic carbocycles. The molecule has 2 aliphatic rings. The van der Waals surface area contributed by atoms with E-state index >= 15 is 0 Å². The minimum absolute atomic E-state index is 0.191. The zero-order chi connectivity index (χ0) is 31.7. The molecule has 0 bridgehead atoms. The van der Waals surface area contributed by atoms with Gasteiger partial charge in [-0.15, -0.1) is 0 Å². The van der Waals surface area contributed by atoms with E-state index in [1.165, 1.54) is 11.8 Å². The molecule has 4 aromatic rings. The molecule has 2 atom stereocenters. The highest BCUT2D eigenvalue weighted by Gasteiger charge is 2.34. The number of thiocarbonyl (C=S) groups is 1. The number of sulfonamides is 1. The van der Waals surface area contributed by atoms with Crippen LogP contribution < -0.4 is 4.74 Å². The summed E-state index contributed by atoms with van der Waals surface area (Å²) in [5.74, 6) is 1.14. The maximum atomic E-state index is 13.8. The number of aromatic nitrogens is 2. The first-order valence-electron chi connectivity index (χ1n) is 14.8. The molecule has 0 aliphatic carbocycles. The zero-order valence-corrected chi connectivity index (χ0v) is 27.7. The highest BCUT2D eigenvalue weighted by atomic mass is 32.2. The first kappa shape index (κ1) is 31.2. The topological polar surface area (TPSA) is 84.7 Å². The molecule has 11 heteroatoms. The van der Waals surface area contributed by atoms with E-state index in [2.05, 4.69) is 13.8 Å². The van der Waals surface area contributed by atoms with Crippen molar-refractivity contribution in [2.75, 3.05) is 20.2 Å². The van der Waals surface area contributed by atoms with Crippen molar-refractivity contribution in [2.24, 2.45) is 11.8 Å². The summed E-state index contributed by atoms with van der Waals surface area (Å²) in [5, 5.41) is 4.88. The number of amides is 1. The second-order valence-corrected chi connectivity index (χ2v) is 15.2. The van der Waals surface area contributed by atoms with Crippen LogP contribution in [0.1, 0.15) is 31.4 Å². The van der Waals surface area contributed by atoms with Gasteiger partial charge in [0.15, 0.2) is 0 Å². The van der Waals surface area contributed by atoms with Crippen molar-refractivity contribution >= 4 is 50.3 Å². The summed E-state index contributed by atoms with van der Waals surface area (Å²) in [6.07, 6.45) is 4.67. The lowest BCUT2D eigenvalue weighted by Crippen LogP contribution is -2.42. The molecule has 6 rings (SSSR count). The Morgan fingerprint density at radius 1 is 1.00 bits per heavy atom. The van der Waals surface area contributed by atoms with Crippen LogP contribution in [-0.4, -0.2) is 57.8 Å². The Morgan fingerprint density at radius 3 is 2.40 bits per heavy atom. The monoisotopic (exact) mass is 658 g/mol. The van der Waals surface area contributed by atoms with E-state index in [1.54, 1.807) is 45.3 Å². The van der Waals surface area contributed by atoms with Gasteiger partial charge >= 0.3 is 0 Å². The van der Waals surface area contributed by atoms with Crippen LogP contribution in [0.5, 0.6) is 5.75 Å². The highest BCUT2D eigenvalue weighted by molar-refractivity contribution is 8.26. The standard InChI is InChI=1S/C34H34N4O4S3/c1-23-16-24(2)20-36(19-23)45(40,41)30-11-7-8-26(17-30)32-27(22-38(35-32)28-9-5-4-6-10-28)18-31-33(39)37(34(43)44-31)21-25-12-14-29(42-3)15-13-25/h4-15,17-18,22-24H,16,19-21H2,1-3H3. The SMILES string of the molecule is COc1ccc(CN2C(=O)C(=Cc3cn(-c4ccccc4)nc3-c3cccc(S(=O)(=O)N4CC(C)CC(C)C4)c3)SC2=S)cc1. The molecule has 0 spiro atoms. The normalized spacial score (nSPS) is 20.2. The van der Waals surface area contributed by atoms with Crippen molar-refractivity contribution in [2.45, 2.75) is 31.7 Å². The number of carbonyl (C=O) groups is 1. The summed E-state index contributed by atoms with van der Waals surface area (Å²) in [6, 6.07) is 24.1. The van der Waals surface area contributed by atoms with Gasteiger partial charge in [0, 0.05) is 30.4 Å². The van der Waals surface area contributed by atoms with Crippen LogP contribution >= 0.6 is 24.0 Å². The van der Waals surface area contributed by atoms with E-state index in [1.807, 2.05) is 66.9 Å². The second kappa shape index (κ2) is 12.9. The smallest absolute Gasteiger partial charge is 0.266 e. The molecule has 0 radical (unpaired) electrons. The molecule has 45 heavy (non-hydrogen) atoms. The van der Waals surface area contributed by atoms with E-state index in [4.69, 9.17) is 22.1 Å². The summed E-state index contributed by atoms with van der Waals surface area (Å²) < 4.78 is 36.6. The van der Waals surface area contributed by atoms with Gasteiger partial charge in [-0.1, -0.05) is 80.3 Å². The third-order valence-corrected chi connectivity index (χ3v) is 11.2. The predicted molar refractivity (Wildman–Crippen MR) is 182 cm³/mol. The Balaban J connectivity index is 1.36. The fourth-order valence-electron chi connectivity index (χ4n) is 5.88. The fraction of sp³-hybridized carbons (Fsp3) is 0.265. The molecule has 0 N–H and O–H groups in total. The number of thioether (sulfide) groups is 1. The number of para-hydroxylation sites is 1. The number of ether oxygens (including phenoxy) is 1. The van der Waals surface area contributed by atoms with Gasteiger partial charge in [0.05, 0.1) is 29.1 Å². The van der Waals surface area contributed by atoms with Gasteiger partial charge in [0.25, 0.3) is 5.91 Å². The van der Waals surface area contributed by atoms with Crippen LogP contribution in [0.25, 0.3) is 23.0 Å². The third-order valence-electron chi connectivity index (χ3n) is 8.00. The molecular formula is C34H34N4O4S3. The number of methoxy groups -OCH3 is 1. The molecule has 1 aromatic heterocycles. The number of hydrogen-bond acceptors (Lipinski definition) is 7. The molecule has 232 valence electrons. The van der Waals surface area contributed by atoms with E-state index in [0.29, 0.717) is 57.5 Å². The number of rotatable bonds is 8. The number of hydrogen-bond donors (Lipinski definition) is 0. The molecule has 2 unspecified atom stereocenters. The minimum Gasteiger partial charge on any atom is -0.497 e. The lowest BCUT2D eigenvalue weighted by molar-refractivity contribution is -0.122. The molecule has 0 saturated carbocycles. The largest absolute Gasteiger partial charge is 0.497 e. The molecule has 1 amide bonds. The fourth-order valence-corrected chi connectivity index (χ4v) is 8.85. The van der Waals surface area contributed by atoms with Gasteiger partial charge in [0.1, 0.15) is 15.8 Å². The lowest BCUT2D eigenvalue weighted by Gasteiger charge is -2.34. The Labute approximate surface area is 273 Å². The van der Waals surface area contributed by atoms with Crippen LogP contribution in [0, 0.1) is 11.8 Å². The first-order valence-corrected chi connectivity index (χ1v) is 17.4. The first-order chi connectivity index (χ1) is 21.6. The lowest BCUT2D eigenvalue weighted by atomic mass is 9.94. The van der Waals surface area contributed by atoms with Crippen LogP contribution in [0.3, 0.4) is 0 Å². The van der Waals surface area contributed by atoms with Gasteiger partial charge in [-0.3, -0.25) is 9.69 Å². The summed E-state index contributed by atoms with van der Waals surface area (Å²) in [7, 11) is -2.09. The van der Waals surface area contributed by atoms with Crippen LogP contribution in [-0.2, 0) is 21.4 Å². The Kier molecular flexibility index (Phi) is 8.96. The molecular weight excluding hydrogens is 625 g/mol. The summed E-state index contributed by atoms with van der Waals surface area (Å²) in [6.45, 7) is 5.54. The zero-order valence-electron chi connectivity index (χ0n) is 25.3. The maximum Gasteiger partial charge on any atom is 0.266 e. The molecule has 2 fully saturated rings. The van der Waals surface area contributed by atoms with E-state index in [9.17, 15) is 13.2 Å². The predicted octanol–water partition coefficient (Wildman–Crippen LogP) is 6.62. The molecule has 3 heterocycles. The minimum atomic E-state index is -3.70. The molecule has 2 aliphatic heterocycles. The van der Waals surface area contributed by atoms with Crippen molar-refractivity contribution in [1.82, 2.24) is 19.0 Å². The highest BCUT2D eigenvalue weighted by Crippen LogP contribution is 2.36. The van der Waals surface area contributed by atoms with Gasteiger partial charge in [-0.05, 0) is 66.3 Å². The van der Waals surface area contributed by atoms with Crippen LogP contribution in [0.2, 0.25) is 0 Å². The molecule has 2 saturated heterocycles. The number of piperidine rings is 1.